The number of nitrogens with one attached hydrogen (secondary N) is 1. The van der Waals surface area contributed by atoms with Gasteiger partial charge in [0.15, 0.2) is 6.10 Å². The minimum atomic E-state index is -0.861. The van der Waals surface area contributed by atoms with Crippen LogP contribution < -0.4 is 10.1 Å². The van der Waals surface area contributed by atoms with Crippen molar-refractivity contribution >= 4 is 29.2 Å². The largest absolute Gasteiger partial charge is 0.495 e. The zero-order valence-corrected chi connectivity index (χ0v) is 14.1. The van der Waals surface area contributed by atoms with E-state index >= 15 is 0 Å². The standard InChI is InChI=1S/C16H22ClNO4/c1-10(2)5-8-15(19)22-11(3)16(20)18-12-6-7-14(21-4)13(17)9-12/h6-7,9-11H,5,8H2,1-4H3,(H,18,20)/t11-/m0/s1. The van der Waals surface area contributed by atoms with Gasteiger partial charge in [0.05, 0.1) is 12.1 Å². The van der Waals surface area contributed by atoms with E-state index in [1.807, 2.05) is 13.8 Å². The van der Waals surface area contributed by atoms with Crippen LogP contribution in [0.5, 0.6) is 5.75 Å². The van der Waals surface area contributed by atoms with Gasteiger partial charge in [-0.05, 0) is 37.5 Å². The molecule has 122 valence electrons. The third kappa shape index (κ3) is 5.93. The Kier molecular flexibility index (Phi) is 7.18. The van der Waals surface area contributed by atoms with Crippen molar-refractivity contribution in [1.82, 2.24) is 0 Å². The van der Waals surface area contributed by atoms with E-state index in [0.717, 1.165) is 6.42 Å². The lowest BCUT2D eigenvalue weighted by Gasteiger charge is -2.14. The topological polar surface area (TPSA) is 64.6 Å². The average molecular weight is 328 g/mol. The van der Waals surface area contributed by atoms with Gasteiger partial charge in [-0.15, -0.1) is 0 Å². The summed E-state index contributed by atoms with van der Waals surface area (Å²) < 4.78 is 10.1. The van der Waals surface area contributed by atoms with Gasteiger partial charge in [0, 0.05) is 12.1 Å². The van der Waals surface area contributed by atoms with Crippen molar-refractivity contribution in [3.8, 4) is 5.75 Å². The lowest BCUT2D eigenvalue weighted by atomic mass is 10.1. The molecule has 0 aliphatic carbocycles. The molecule has 0 aliphatic rings. The monoisotopic (exact) mass is 327 g/mol. The van der Waals surface area contributed by atoms with Gasteiger partial charge in [-0.2, -0.15) is 0 Å². The molecule has 0 spiro atoms. The fraction of sp³-hybridized carbons (Fsp3) is 0.500. The fourth-order valence-electron chi connectivity index (χ4n) is 1.70. The first-order valence-corrected chi connectivity index (χ1v) is 7.55. The van der Waals surface area contributed by atoms with Crippen LogP contribution in [0.3, 0.4) is 0 Å². The van der Waals surface area contributed by atoms with Crippen molar-refractivity contribution in [1.29, 1.82) is 0 Å². The first-order valence-electron chi connectivity index (χ1n) is 7.17. The number of esters is 1. The molecule has 0 fully saturated rings. The third-order valence-electron chi connectivity index (χ3n) is 3.02. The zero-order valence-electron chi connectivity index (χ0n) is 13.3. The van der Waals surface area contributed by atoms with Crippen molar-refractivity contribution < 1.29 is 19.1 Å². The minimum absolute atomic E-state index is 0.309. The zero-order chi connectivity index (χ0) is 16.7. The first kappa shape index (κ1) is 18.3. The number of carbonyl (C=O) groups excluding carboxylic acids is 2. The van der Waals surface area contributed by atoms with E-state index in [1.165, 1.54) is 14.0 Å². The minimum Gasteiger partial charge on any atom is -0.495 e. The molecule has 1 rings (SSSR count). The highest BCUT2D eigenvalue weighted by Crippen LogP contribution is 2.27. The van der Waals surface area contributed by atoms with Gasteiger partial charge in [-0.3, -0.25) is 9.59 Å². The molecule has 22 heavy (non-hydrogen) atoms. The highest BCUT2D eigenvalue weighted by Gasteiger charge is 2.18. The summed E-state index contributed by atoms with van der Waals surface area (Å²) in [6, 6.07) is 4.89. The van der Waals surface area contributed by atoms with Crippen molar-refractivity contribution in [2.75, 3.05) is 12.4 Å². The molecule has 5 nitrogen and oxygen atoms in total. The maximum absolute atomic E-state index is 12.0. The van der Waals surface area contributed by atoms with Crippen molar-refractivity contribution in [3.63, 3.8) is 0 Å². The summed E-state index contributed by atoms with van der Waals surface area (Å²) in [6.07, 6.45) is 0.186. The molecule has 0 saturated heterocycles. The van der Waals surface area contributed by atoms with Crippen LogP contribution in [0.2, 0.25) is 5.02 Å². The summed E-state index contributed by atoms with van der Waals surface area (Å²) >= 11 is 5.99. The molecule has 0 unspecified atom stereocenters. The second-order valence-corrected chi connectivity index (χ2v) is 5.81. The van der Waals surface area contributed by atoms with E-state index in [4.69, 9.17) is 21.1 Å². The number of benzene rings is 1. The quantitative estimate of drug-likeness (QED) is 0.776. The van der Waals surface area contributed by atoms with E-state index in [0.29, 0.717) is 28.8 Å². The summed E-state index contributed by atoms with van der Waals surface area (Å²) in [5, 5.41) is 3.04. The molecule has 1 atom stereocenters. The Labute approximate surface area is 135 Å². The van der Waals surface area contributed by atoms with E-state index in [-0.39, 0.29) is 5.97 Å². The molecular formula is C16H22ClNO4. The van der Waals surface area contributed by atoms with Gasteiger partial charge in [-0.1, -0.05) is 25.4 Å². The summed E-state index contributed by atoms with van der Waals surface area (Å²) in [5.41, 5.74) is 0.515. The number of anilines is 1. The lowest BCUT2D eigenvalue weighted by molar-refractivity contribution is -0.153. The Bertz CT molecular complexity index is 531. The molecule has 0 heterocycles. The molecule has 1 N–H and O–H groups in total. The van der Waals surface area contributed by atoms with Crippen molar-refractivity contribution in [2.45, 2.75) is 39.7 Å². The van der Waals surface area contributed by atoms with Crippen LogP contribution in [0.25, 0.3) is 0 Å². The lowest BCUT2D eigenvalue weighted by Crippen LogP contribution is -2.30. The second-order valence-electron chi connectivity index (χ2n) is 5.40. The van der Waals surface area contributed by atoms with Gasteiger partial charge in [0.25, 0.3) is 5.91 Å². The molecular weight excluding hydrogens is 306 g/mol. The van der Waals surface area contributed by atoms with Gasteiger partial charge in [0.1, 0.15) is 5.75 Å². The molecule has 0 saturated carbocycles. The molecule has 0 aliphatic heterocycles. The molecule has 0 bridgehead atoms. The number of carbonyl (C=O) groups is 2. The maximum atomic E-state index is 12.0. The fourth-order valence-corrected chi connectivity index (χ4v) is 1.96. The van der Waals surface area contributed by atoms with Crippen LogP contribution in [0.4, 0.5) is 5.69 Å². The van der Waals surface area contributed by atoms with E-state index in [1.54, 1.807) is 18.2 Å². The SMILES string of the molecule is COc1ccc(NC(=O)[C@H](C)OC(=O)CCC(C)C)cc1Cl. The van der Waals surface area contributed by atoms with Crippen molar-refractivity contribution in [2.24, 2.45) is 5.92 Å². The second kappa shape index (κ2) is 8.63. The Morgan fingerprint density at radius 3 is 2.50 bits per heavy atom. The molecule has 1 aromatic carbocycles. The third-order valence-corrected chi connectivity index (χ3v) is 3.32. The number of amides is 1. The first-order chi connectivity index (χ1) is 10.3. The average Bonchev–Trinajstić information content (AvgIpc) is 2.45. The van der Waals surface area contributed by atoms with Crippen LogP contribution in [-0.4, -0.2) is 25.1 Å². The van der Waals surface area contributed by atoms with Gasteiger partial charge in [-0.25, -0.2) is 0 Å². The number of hydrogen-bond donors (Lipinski definition) is 1. The Balaban J connectivity index is 2.53. The number of ether oxygens (including phenoxy) is 2. The van der Waals surface area contributed by atoms with Crippen molar-refractivity contribution in [3.05, 3.63) is 23.2 Å². The van der Waals surface area contributed by atoms with Crippen LogP contribution >= 0.6 is 11.6 Å². The summed E-state index contributed by atoms with van der Waals surface area (Å²) in [4.78, 5) is 23.6. The molecule has 0 radical (unpaired) electrons. The smallest absolute Gasteiger partial charge is 0.306 e. The molecule has 1 amide bonds. The Morgan fingerprint density at radius 1 is 1.27 bits per heavy atom. The Hall–Kier alpha value is -1.75. The van der Waals surface area contributed by atoms with Gasteiger partial charge >= 0.3 is 5.97 Å². The van der Waals surface area contributed by atoms with E-state index in [2.05, 4.69) is 5.32 Å². The van der Waals surface area contributed by atoms with E-state index in [9.17, 15) is 9.59 Å². The summed E-state index contributed by atoms with van der Waals surface area (Å²) in [7, 11) is 1.51. The number of rotatable bonds is 7. The van der Waals surface area contributed by atoms with E-state index < -0.39 is 12.0 Å². The van der Waals surface area contributed by atoms with Gasteiger partial charge in [0.2, 0.25) is 0 Å². The predicted molar refractivity (Wildman–Crippen MR) is 86.3 cm³/mol. The predicted octanol–water partition coefficient (Wildman–Crippen LogP) is 3.66. The summed E-state index contributed by atoms with van der Waals surface area (Å²) in [5.74, 6) is 0.161. The number of hydrogen-bond acceptors (Lipinski definition) is 4. The van der Waals surface area contributed by atoms with Crippen LogP contribution in [0.1, 0.15) is 33.6 Å². The molecule has 6 heteroatoms. The molecule has 0 aromatic heterocycles. The summed E-state index contributed by atoms with van der Waals surface area (Å²) in [6.45, 7) is 5.58. The highest BCUT2D eigenvalue weighted by molar-refractivity contribution is 6.32. The number of halogens is 1. The molecule has 1 aromatic rings. The highest BCUT2D eigenvalue weighted by atomic mass is 35.5. The Morgan fingerprint density at radius 2 is 1.95 bits per heavy atom. The van der Waals surface area contributed by atoms with Crippen LogP contribution in [0.15, 0.2) is 18.2 Å². The normalized spacial score (nSPS) is 11.9. The van der Waals surface area contributed by atoms with Crippen LogP contribution in [0, 0.1) is 5.92 Å². The maximum Gasteiger partial charge on any atom is 0.306 e. The van der Waals surface area contributed by atoms with Crippen LogP contribution in [-0.2, 0) is 14.3 Å². The van der Waals surface area contributed by atoms with Gasteiger partial charge < -0.3 is 14.8 Å². The number of methoxy groups -OCH3 is 1.